The molecule has 131 heavy (non-hydrogen) atoms. The van der Waals surface area contributed by atoms with Crippen molar-refractivity contribution in [2.45, 2.75) is 238 Å². The second-order valence-corrected chi connectivity index (χ2v) is 36.3. The lowest BCUT2D eigenvalue weighted by atomic mass is 9.78. The highest BCUT2D eigenvalue weighted by Crippen LogP contribution is 2.40. The fraction of sp³-hybridized carbons (Fsp3) is 0.673. The van der Waals surface area contributed by atoms with E-state index in [9.17, 15) is 44.1 Å². The maximum Gasteiger partial charge on any atom is 0.329 e. The normalized spacial score (nSPS) is 28.0. The van der Waals surface area contributed by atoms with Gasteiger partial charge in [-0.1, -0.05) is 96.2 Å². The van der Waals surface area contributed by atoms with Gasteiger partial charge in [0, 0.05) is 129 Å². The van der Waals surface area contributed by atoms with Gasteiger partial charge in [-0.3, -0.25) is 28.9 Å². The number of nitrogens with zero attached hydrogens (tertiary/aromatic N) is 9. The average molecular weight is 1830 g/mol. The first-order chi connectivity index (χ1) is 63.1. The van der Waals surface area contributed by atoms with Crippen molar-refractivity contribution in [2.24, 2.45) is 35.5 Å². The second-order valence-electron chi connectivity index (χ2n) is 36.3. The van der Waals surface area contributed by atoms with E-state index in [0.717, 1.165) is 74.4 Å². The van der Waals surface area contributed by atoms with Crippen molar-refractivity contribution in [2.75, 3.05) is 165 Å². The number of carbonyl (C=O) groups is 6. The zero-order valence-corrected chi connectivity index (χ0v) is 79.3. The van der Waals surface area contributed by atoms with Gasteiger partial charge in [-0.25, -0.2) is 19.4 Å². The number of esters is 2. The number of likely N-dealkylation sites (N-methyl/N-ethyl adjacent to an activating group) is 1. The Morgan fingerprint density at radius 1 is 0.710 bits per heavy atom. The number of nitrogens with two attached hydrogens (primary N) is 2. The fourth-order valence-corrected chi connectivity index (χ4v) is 18.3. The number of aliphatic hydroxyl groups excluding tert-OH is 2. The zero-order chi connectivity index (χ0) is 94.1. The third-order valence-electron chi connectivity index (χ3n) is 26.2. The van der Waals surface area contributed by atoms with Gasteiger partial charge < -0.3 is 103 Å². The number of ketones is 2. The smallest absolute Gasteiger partial charge is 0.329 e. The minimum absolute atomic E-state index is 0.0129. The molecule has 726 valence electrons. The van der Waals surface area contributed by atoms with Crippen molar-refractivity contribution in [3.05, 3.63) is 107 Å². The fourth-order valence-electron chi connectivity index (χ4n) is 18.3. The van der Waals surface area contributed by atoms with Crippen LogP contribution in [0.1, 0.15) is 175 Å². The number of ether oxygens (including phenoxy) is 12. The van der Waals surface area contributed by atoms with Crippen LogP contribution in [0.2, 0.25) is 0 Å². The summed E-state index contributed by atoms with van der Waals surface area (Å²) in [4.78, 5) is 104. The highest BCUT2D eigenvalue weighted by atomic mass is 16.6. The molecule has 33 nitrogen and oxygen atoms in total. The van der Waals surface area contributed by atoms with Crippen LogP contribution in [0.4, 0.5) is 11.8 Å². The monoisotopic (exact) mass is 1830 g/mol. The van der Waals surface area contributed by atoms with Crippen molar-refractivity contribution in [1.82, 2.24) is 44.3 Å². The van der Waals surface area contributed by atoms with E-state index >= 15 is 0 Å². The molecule has 6 aliphatic rings. The number of hydrogen-bond donors (Lipinski definition) is 5. The summed E-state index contributed by atoms with van der Waals surface area (Å²) in [5.41, 5.74) is 20.1. The Balaban J connectivity index is 0.000000312. The standard InChI is InChI=1S/C64H105N3O16.C34H42N8O6/c1-42-18-13-12-14-19-43(2)54(76-9)40-50-24-22-48(7)64(75,83-50)61(72)62(73)67-26-16-15-20-51(67)63(74)82-55(41-52(68)44(3)37-47(6)59(71)60(78-11)58(70)46(5)36-42)45(4)38-49-23-25-53(56(39-49)77-10)81-57(69)21-17-32-79-34-35-80-33-31-66-29-27-65(8)28-30-66;1-2-10-44-12-14-46-16-17-47-15-13-45-11-8-29(43)41-9-7-24-18-23(3-4-26(24)21-41)20-42-33-30(32(35)37-22-38-33)31(40-42)25-5-6-28-27(19-25)39-34(36)48-28/h12-14,18-19,37,42,44-46,48-56,59-60,68,71,75H,15-17,20-36,38-41H2,1-11H3;3-6,18-19,22H,2,7-17,20-21H2,1H3,(H2,36,39)(H2,35,37,38)/b14-12+,18-13+,43-19+,47-37+;/t42-,44-,45-,46-,48-,49+,50+,51+,52-,53-,54+,55+,56-,59-,60+,64-;/m1./s1. The number of anilines is 2. The molecule has 0 unspecified atom stereocenters. The number of piperazine rings is 1. The first-order valence-corrected chi connectivity index (χ1v) is 47.3. The number of methoxy groups -OCH3 is 3. The Kier molecular flexibility index (Phi) is 42.4. The van der Waals surface area contributed by atoms with E-state index in [-0.39, 0.29) is 73.3 Å². The molecule has 11 rings (SSSR count). The van der Waals surface area contributed by atoms with E-state index in [4.69, 9.17) is 77.8 Å². The number of aliphatic hydroxyl groups is 3. The zero-order valence-electron chi connectivity index (χ0n) is 79.3. The number of oxazole rings is 1. The first-order valence-electron chi connectivity index (χ1n) is 47.3. The molecular formula is C98H147N11O22. The summed E-state index contributed by atoms with van der Waals surface area (Å²) >= 11 is 0. The average Bonchev–Trinajstić information content (AvgIpc) is 1.66. The summed E-state index contributed by atoms with van der Waals surface area (Å²) in [6.07, 6.45) is 14.7. The molecule has 0 spiro atoms. The van der Waals surface area contributed by atoms with Gasteiger partial charge in [0.25, 0.3) is 17.7 Å². The van der Waals surface area contributed by atoms with Gasteiger partial charge in [0.05, 0.1) is 109 Å². The number of allylic oxidation sites excluding steroid dienone is 5. The summed E-state index contributed by atoms with van der Waals surface area (Å²) in [5.74, 6) is -7.48. The van der Waals surface area contributed by atoms with E-state index < -0.39 is 90.0 Å². The number of benzene rings is 2. The number of hydrogen-bond acceptors (Lipinski definition) is 30. The van der Waals surface area contributed by atoms with Gasteiger partial charge in [-0.05, 0) is 168 Å². The predicted molar refractivity (Wildman–Crippen MR) is 495 cm³/mol. The van der Waals surface area contributed by atoms with Crippen LogP contribution < -0.4 is 11.5 Å². The van der Waals surface area contributed by atoms with Crippen molar-refractivity contribution < 1.29 is 105 Å². The third-order valence-corrected chi connectivity index (χ3v) is 26.2. The Morgan fingerprint density at radius 2 is 1.43 bits per heavy atom. The van der Waals surface area contributed by atoms with Crippen LogP contribution in [-0.4, -0.2) is 309 Å². The Labute approximate surface area is 772 Å². The van der Waals surface area contributed by atoms with Gasteiger partial charge in [0.1, 0.15) is 53.8 Å². The van der Waals surface area contributed by atoms with Crippen molar-refractivity contribution in [3.63, 3.8) is 0 Å². The summed E-state index contributed by atoms with van der Waals surface area (Å²) in [7, 11) is 6.72. The maximum atomic E-state index is 14.7. The molecule has 33 heteroatoms. The molecule has 8 heterocycles. The summed E-state index contributed by atoms with van der Waals surface area (Å²) in [6.45, 7) is 28.2. The van der Waals surface area contributed by atoms with Gasteiger partial charge in [0.15, 0.2) is 17.0 Å². The van der Waals surface area contributed by atoms with Crippen LogP contribution in [-0.2, 0) is 105 Å². The van der Waals surface area contributed by atoms with Crippen LogP contribution in [0.15, 0.2) is 94.7 Å². The van der Waals surface area contributed by atoms with Crippen LogP contribution in [0.25, 0.3) is 33.4 Å². The molecule has 2 amide bonds. The van der Waals surface area contributed by atoms with E-state index in [0.29, 0.717) is 209 Å². The molecule has 1 aliphatic carbocycles. The number of carbonyl (C=O) groups excluding carboxylic acids is 6. The Bertz CT molecular complexity index is 4570. The highest BCUT2D eigenvalue weighted by molar-refractivity contribution is 6.39. The van der Waals surface area contributed by atoms with Gasteiger partial charge >= 0.3 is 11.9 Å². The number of piperidine rings is 1. The molecule has 2 bridgehead atoms. The van der Waals surface area contributed by atoms with Crippen LogP contribution in [0, 0.1) is 35.5 Å². The van der Waals surface area contributed by atoms with E-state index in [1.165, 1.54) is 23.9 Å². The molecule has 5 aromatic rings. The van der Waals surface area contributed by atoms with Crippen LogP contribution in [0.5, 0.6) is 0 Å². The lowest BCUT2D eigenvalue weighted by Crippen LogP contribution is -2.61. The molecule has 1 saturated carbocycles. The van der Waals surface area contributed by atoms with Crippen LogP contribution >= 0.6 is 0 Å². The second kappa shape index (κ2) is 53.1. The molecule has 0 radical (unpaired) electrons. The number of amides is 2. The van der Waals surface area contributed by atoms with Gasteiger partial charge in [-0.15, -0.1) is 0 Å². The quantitative estimate of drug-likeness (QED) is 0.0111. The molecule has 7 N–H and O–H groups in total. The predicted octanol–water partition coefficient (Wildman–Crippen LogP) is 10.2. The largest absolute Gasteiger partial charge is 0.460 e. The molecule has 3 saturated heterocycles. The van der Waals surface area contributed by atoms with Crippen molar-refractivity contribution >= 4 is 69.3 Å². The topological polar surface area (TPSA) is 409 Å². The van der Waals surface area contributed by atoms with E-state index in [2.05, 4.69) is 56.9 Å². The molecule has 3 aromatic heterocycles. The van der Waals surface area contributed by atoms with Gasteiger partial charge in [-0.2, -0.15) is 10.1 Å². The summed E-state index contributed by atoms with van der Waals surface area (Å²) in [5, 5.41) is 41.3. The minimum Gasteiger partial charge on any atom is -0.460 e. The first kappa shape index (κ1) is 105. The molecule has 5 aliphatic heterocycles. The number of cyclic esters (lactones) is 1. The number of fused-ring (bicyclic) bond motifs is 6. The summed E-state index contributed by atoms with van der Waals surface area (Å²) in [6, 6.07) is 10.9. The van der Waals surface area contributed by atoms with E-state index in [1.807, 2.05) is 85.9 Å². The van der Waals surface area contributed by atoms with Gasteiger partial charge in [0.2, 0.25) is 11.7 Å². The number of Topliss-reactive ketones (excluding diaryl/α,β-unsaturated/α-hetero) is 2. The molecule has 4 fully saturated rings. The lowest BCUT2D eigenvalue weighted by molar-refractivity contribution is -0.265. The minimum atomic E-state index is -2.45. The van der Waals surface area contributed by atoms with Crippen LogP contribution in [0.3, 0.4) is 0 Å². The SMILES string of the molecule is CCCOCCOCCOCCOCCC(=O)N1CCc2cc(Cn3nc(-c4ccc5oc(N)nc5c4)c4c(N)ncnc43)ccc2C1.CO[C@H]1C[C@@H]2CC[C@@H](C)[C@@](O)(O2)C(=O)C(=O)N2CCCC[C@H]2C(=O)O[C@H]([C@H](C)C[C@@H]2CC[C@@H](OC(=O)CCCOCCOCCN3CCN(C)CC3)[C@H](OC)C2)C[C@@H](O)[C@H](C)/C=C(\C)[C@@H](O)[C@@H](OC)C(=O)[C@H](C)C[C@H](C)/C=C/C=C/C=C/1C. The number of aromatic nitrogens is 5. The maximum absolute atomic E-state index is 14.7. The van der Waals surface area contributed by atoms with Crippen molar-refractivity contribution in [1.29, 1.82) is 0 Å². The summed E-state index contributed by atoms with van der Waals surface area (Å²) < 4.78 is 76.8. The lowest BCUT2D eigenvalue weighted by Gasteiger charge is -2.43. The Morgan fingerprint density at radius 3 is 2.15 bits per heavy atom. The number of rotatable bonds is 34. The van der Waals surface area contributed by atoms with E-state index in [1.54, 1.807) is 41.1 Å². The Hall–Kier alpha value is -8.36. The number of nitrogen functional groups attached to an aromatic ring is 2. The molecule has 2 aromatic carbocycles. The molecular weight excluding hydrogens is 1680 g/mol. The van der Waals surface area contributed by atoms with Crippen molar-refractivity contribution in [3.8, 4) is 11.3 Å². The third kappa shape index (κ3) is 30.8. The molecule has 16 atom stereocenters. The highest BCUT2D eigenvalue weighted by Gasteiger charge is 2.53.